The van der Waals surface area contributed by atoms with Crippen LogP contribution in [0.25, 0.3) is 10.6 Å². The van der Waals surface area contributed by atoms with Gasteiger partial charge >= 0.3 is 0 Å². The molecule has 0 spiro atoms. The Morgan fingerprint density at radius 1 is 1.15 bits per heavy atom. The smallest absolute Gasteiger partial charge is 0.267 e. The lowest BCUT2D eigenvalue weighted by molar-refractivity contribution is 0.103. The third kappa shape index (κ3) is 3.96. The molecule has 2 aromatic heterocycles. The molecule has 1 N–H and O–H groups in total. The summed E-state index contributed by atoms with van der Waals surface area (Å²) < 4.78 is 0. The maximum absolute atomic E-state index is 12.7. The second-order valence-electron chi connectivity index (χ2n) is 6.49. The monoisotopic (exact) mass is 398 g/mol. The van der Waals surface area contributed by atoms with Crippen LogP contribution in [-0.4, -0.2) is 29.0 Å². The number of benzene rings is 1. The topological polar surface area (TPSA) is 58.1 Å². The van der Waals surface area contributed by atoms with Gasteiger partial charge in [-0.1, -0.05) is 23.7 Å². The van der Waals surface area contributed by atoms with Gasteiger partial charge in [0.25, 0.3) is 5.91 Å². The van der Waals surface area contributed by atoms with Gasteiger partial charge in [-0.2, -0.15) is 0 Å². The fourth-order valence-electron chi connectivity index (χ4n) is 3.10. The molecule has 3 aromatic rings. The van der Waals surface area contributed by atoms with Crippen LogP contribution in [0.3, 0.4) is 0 Å². The van der Waals surface area contributed by atoms with Crippen LogP contribution in [0.15, 0.2) is 42.6 Å². The normalized spacial score (nSPS) is 13.8. The Hall–Kier alpha value is -2.44. The molecule has 0 aliphatic carbocycles. The molecule has 0 unspecified atom stereocenters. The predicted octanol–water partition coefficient (Wildman–Crippen LogP) is 5.02. The van der Waals surface area contributed by atoms with Gasteiger partial charge in [-0.15, -0.1) is 11.3 Å². The lowest BCUT2D eigenvalue weighted by Crippen LogP contribution is -2.19. The molecule has 4 rings (SSSR count). The Kier molecular flexibility index (Phi) is 5.09. The second kappa shape index (κ2) is 7.66. The minimum absolute atomic E-state index is 0.166. The molecule has 0 atom stereocenters. The highest BCUT2D eigenvalue weighted by Crippen LogP contribution is 2.29. The number of aryl methyl sites for hydroxylation is 1. The highest BCUT2D eigenvalue weighted by Gasteiger charge is 2.17. The number of nitrogens with zero attached hydrogens (tertiary/aromatic N) is 3. The van der Waals surface area contributed by atoms with Crippen LogP contribution in [0.1, 0.15) is 28.2 Å². The van der Waals surface area contributed by atoms with Crippen LogP contribution in [0.2, 0.25) is 5.02 Å². The maximum Gasteiger partial charge on any atom is 0.267 e. The summed E-state index contributed by atoms with van der Waals surface area (Å²) in [5.41, 5.74) is 2.34. The number of aromatic nitrogens is 2. The molecule has 1 aromatic carbocycles. The first kappa shape index (κ1) is 17.9. The van der Waals surface area contributed by atoms with Gasteiger partial charge in [-0.05, 0) is 44.0 Å². The summed E-state index contributed by atoms with van der Waals surface area (Å²) in [6, 6.07) is 11.3. The quantitative estimate of drug-likeness (QED) is 0.670. The molecule has 0 radical (unpaired) electrons. The van der Waals surface area contributed by atoms with Crippen molar-refractivity contribution in [3.8, 4) is 10.6 Å². The van der Waals surface area contributed by atoms with E-state index in [0.717, 1.165) is 29.5 Å². The highest BCUT2D eigenvalue weighted by molar-refractivity contribution is 7.17. The number of hydrogen-bond acceptors (Lipinski definition) is 5. The van der Waals surface area contributed by atoms with Crippen molar-refractivity contribution < 1.29 is 4.79 Å². The number of rotatable bonds is 4. The number of halogens is 1. The maximum atomic E-state index is 12.7. The second-order valence-corrected chi connectivity index (χ2v) is 7.93. The molecule has 5 nitrogen and oxygen atoms in total. The molecule has 1 aliphatic rings. The molecule has 1 amide bonds. The van der Waals surface area contributed by atoms with Crippen molar-refractivity contribution in [2.75, 3.05) is 23.3 Å². The largest absolute Gasteiger partial charge is 0.357 e. The molecule has 3 heterocycles. The standard InChI is InChI=1S/C20H19ClN4OS/c1-13-18(27-20(23-13)14-4-6-15(21)7-5-14)19(26)24-16-8-9-17(22-12-16)25-10-2-3-11-25/h4-9,12H,2-3,10-11H2,1H3,(H,24,26). The number of thiazole rings is 1. The average Bonchev–Trinajstić information content (AvgIpc) is 3.33. The van der Waals surface area contributed by atoms with Crippen LogP contribution < -0.4 is 10.2 Å². The lowest BCUT2D eigenvalue weighted by atomic mass is 10.2. The van der Waals surface area contributed by atoms with Crippen molar-refractivity contribution in [1.82, 2.24) is 9.97 Å². The molecular weight excluding hydrogens is 380 g/mol. The summed E-state index contributed by atoms with van der Waals surface area (Å²) in [6.45, 7) is 3.94. The third-order valence-corrected chi connectivity index (χ3v) is 5.99. The summed E-state index contributed by atoms with van der Waals surface area (Å²) in [5, 5.41) is 4.40. The van der Waals surface area contributed by atoms with Crippen molar-refractivity contribution in [1.29, 1.82) is 0 Å². The third-order valence-electron chi connectivity index (χ3n) is 4.53. The van der Waals surface area contributed by atoms with E-state index < -0.39 is 0 Å². The van der Waals surface area contributed by atoms with Crippen molar-refractivity contribution in [3.63, 3.8) is 0 Å². The zero-order chi connectivity index (χ0) is 18.8. The van der Waals surface area contributed by atoms with Crippen LogP contribution in [-0.2, 0) is 0 Å². The number of carbonyl (C=O) groups is 1. The zero-order valence-electron chi connectivity index (χ0n) is 14.9. The van der Waals surface area contributed by atoms with Crippen molar-refractivity contribution >= 4 is 40.4 Å². The highest BCUT2D eigenvalue weighted by atomic mass is 35.5. The van der Waals surface area contributed by atoms with Crippen LogP contribution in [0.5, 0.6) is 0 Å². The Balaban J connectivity index is 1.49. The first-order chi connectivity index (χ1) is 13.1. The molecule has 1 fully saturated rings. The van der Waals surface area contributed by atoms with Gasteiger partial charge in [-0.25, -0.2) is 9.97 Å². The van der Waals surface area contributed by atoms with Gasteiger partial charge in [0.05, 0.1) is 17.6 Å². The SMILES string of the molecule is Cc1nc(-c2ccc(Cl)cc2)sc1C(=O)Nc1ccc(N2CCCC2)nc1. The predicted molar refractivity (Wildman–Crippen MR) is 111 cm³/mol. The molecule has 27 heavy (non-hydrogen) atoms. The molecule has 7 heteroatoms. The summed E-state index contributed by atoms with van der Waals surface area (Å²) in [7, 11) is 0. The van der Waals surface area contributed by atoms with Gasteiger partial charge in [-0.3, -0.25) is 4.79 Å². The number of amides is 1. The lowest BCUT2D eigenvalue weighted by Gasteiger charge is -2.16. The molecule has 1 aliphatic heterocycles. The minimum Gasteiger partial charge on any atom is -0.357 e. The molecule has 0 saturated carbocycles. The van der Waals surface area contributed by atoms with E-state index in [9.17, 15) is 4.79 Å². The Morgan fingerprint density at radius 3 is 2.56 bits per heavy atom. The van der Waals surface area contributed by atoms with Crippen LogP contribution in [0.4, 0.5) is 11.5 Å². The fourth-order valence-corrected chi connectivity index (χ4v) is 4.20. The van der Waals surface area contributed by atoms with Crippen molar-refractivity contribution in [3.05, 3.63) is 58.2 Å². The van der Waals surface area contributed by atoms with Crippen molar-refractivity contribution in [2.24, 2.45) is 0 Å². The molecule has 138 valence electrons. The molecule has 0 bridgehead atoms. The number of anilines is 2. The Labute approximate surface area is 167 Å². The van der Waals surface area contributed by atoms with Gasteiger partial charge in [0.1, 0.15) is 15.7 Å². The summed E-state index contributed by atoms with van der Waals surface area (Å²) in [5.74, 6) is 0.797. The van der Waals surface area contributed by atoms with E-state index in [4.69, 9.17) is 11.6 Å². The Bertz CT molecular complexity index is 947. The van der Waals surface area contributed by atoms with E-state index >= 15 is 0 Å². The summed E-state index contributed by atoms with van der Waals surface area (Å²) in [6.07, 6.45) is 4.13. The molecule has 1 saturated heterocycles. The number of nitrogens with one attached hydrogen (secondary N) is 1. The molecular formula is C20H19ClN4OS. The van der Waals surface area contributed by atoms with Gasteiger partial charge in [0.2, 0.25) is 0 Å². The minimum atomic E-state index is -0.166. The van der Waals surface area contributed by atoms with Gasteiger partial charge < -0.3 is 10.2 Å². The van der Waals surface area contributed by atoms with Crippen LogP contribution >= 0.6 is 22.9 Å². The van der Waals surface area contributed by atoms with E-state index in [1.54, 1.807) is 6.20 Å². The van der Waals surface area contributed by atoms with E-state index in [0.29, 0.717) is 21.3 Å². The summed E-state index contributed by atoms with van der Waals surface area (Å²) in [4.78, 5) is 24.5. The fraction of sp³-hybridized carbons (Fsp3) is 0.250. The zero-order valence-corrected chi connectivity index (χ0v) is 16.5. The van der Waals surface area contributed by atoms with E-state index in [-0.39, 0.29) is 5.91 Å². The first-order valence-corrected chi connectivity index (χ1v) is 10.1. The van der Waals surface area contributed by atoms with E-state index in [2.05, 4.69) is 20.2 Å². The number of carbonyl (C=O) groups excluding carboxylic acids is 1. The van der Waals surface area contributed by atoms with Gasteiger partial charge in [0.15, 0.2) is 0 Å². The summed E-state index contributed by atoms with van der Waals surface area (Å²) >= 11 is 7.31. The van der Waals surface area contributed by atoms with Crippen molar-refractivity contribution in [2.45, 2.75) is 19.8 Å². The number of hydrogen-bond donors (Lipinski definition) is 1. The average molecular weight is 399 g/mol. The first-order valence-electron chi connectivity index (χ1n) is 8.86. The van der Waals surface area contributed by atoms with E-state index in [1.807, 2.05) is 43.3 Å². The van der Waals surface area contributed by atoms with Crippen LogP contribution in [0, 0.1) is 6.92 Å². The Morgan fingerprint density at radius 2 is 1.89 bits per heavy atom. The van der Waals surface area contributed by atoms with Gasteiger partial charge in [0, 0.05) is 23.7 Å². The number of pyridine rings is 1. The van der Waals surface area contributed by atoms with E-state index in [1.165, 1.54) is 24.2 Å².